The van der Waals surface area contributed by atoms with Gasteiger partial charge in [-0.3, -0.25) is 9.78 Å². The van der Waals surface area contributed by atoms with Crippen molar-refractivity contribution in [2.75, 3.05) is 11.4 Å². The maximum absolute atomic E-state index is 11.6. The van der Waals surface area contributed by atoms with Gasteiger partial charge >= 0.3 is 0 Å². The topological polar surface area (TPSA) is 85.2 Å². The van der Waals surface area contributed by atoms with Crippen molar-refractivity contribution < 1.29 is 4.79 Å². The maximum atomic E-state index is 11.6. The van der Waals surface area contributed by atoms with E-state index in [1.54, 1.807) is 12.4 Å². The van der Waals surface area contributed by atoms with Gasteiger partial charge in [0.1, 0.15) is 6.04 Å². The van der Waals surface area contributed by atoms with Crippen LogP contribution in [-0.2, 0) is 4.79 Å². The Hall–Kier alpha value is -1.62. The molecule has 5 nitrogen and oxygen atoms in total. The summed E-state index contributed by atoms with van der Waals surface area (Å²) in [7, 11) is 0. The number of piperidine rings is 1. The first kappa shape index (κ1) is 11.9. The fraction of sp³-hybridized carbons (Fsp3) is 0.500. The molecule has 2 rings (SSSR count). The number of hydrogen-bond donors (Lipinski definition) is 2. The van der Waals surface area contributed by atoms with E-state index in [2.05, 4.69) is 4.98 Å². The summed E-state index contributed by atoms with van der Waals surface area (Å²) in [4.78, 5) is 17.6. The number of carbonyl (C=O) groups excluding carboxylic acids is 1. The Labute approximate surface area is 101 Å². The number of rotatable bonds is 2. The zero-order valence-electron chi connectivity index (χ0n) is 9.97. The molecule has 5 heteroatoms. The van der Waals surface area contributed by atoms with Crippen molar-refractivity contribution in [2.45, 2.75) is 31.3 Å². The van der Waals surface area contributed by atoms with E-state index in [0.29, 0.717) is 0 Å². The van der Waals surface area contributed by atoms with Crippen molar-refractivity contribution in [3.05, 3.63) is 24.5 Å². The molecule has 2 atom stereocenters. The number of aromatic nitrogens is 1. The van der Waals surface area contributed by atoms with Crippen molar-refractivity contribution in [1.29, 1.82) is 0 Å². The lowest BCUT2D eigenvalue weighted by atomic mass is 9.83. The average molecular weight is 234 g/mol. The van der Waals surface area contributed by atoms with Gasteiger partial charge < -0.3 is 16.4 Å². The standard InChI is InChI=1S/C12H18N4O/c1-12(14)5-2-8-16(10(12)11(13)17)9-3-6-15-7-4-9/h3-4,6-7,10H,2,5,8,14H2,1H3,(H2,13,17). The number of hydrogen-bond acceptors (Lipinski definition) is 4. The first-order valence-corrected chi connectivity index (χ1v) is 5.77. The van der Waals surface area contributed by atoms with Gasteiger partial charge in [0.05, 0.1) is 0 Å². The molecule has 1 aliphatic rings. The lowest BCUT2D eigenvalue weighted by molar-refractivity contribution is -0.121. The van der Waals surface area contributed by atoms with Gasteiger partial charge in [-0.15, -0.1) is 0 Å². The SMILES string of the molecule is CC1(N)CCCN(c2ccncc2)C1C(N)=O. The summed E-state index contributed by atoms with van der Waals surface area (Å²) in [5.41, 5.74) is 12.1. The summed E-state index contributed by atoms with van der Waals surface area (Å²) in [6.07, 6.45) is 5.17. The lowest BCUT2D eigenvalue weighted by Crippen LogP contribution is -2.65. The van der Waals surface area contributed by atoms with Crippen LogP contribution in [0.5, 0.6) is 0 Å². The van der Waals surface area contributed by atoms with E-state index < -0.39 is 11.6 Å². The molecule has 0 aromatic carbocycles. The van der Waals surface area contributed by atoms with Crippen molar-refractivity contribution in [1.82, 2.24) is 4.98 Å². The molecular weight excluding hydrogens is 216 g/mol. The molecule has 1 aromatic heterocycles. The number of nitrogens with zero attached hydrogens (tertiary/aromatic N) is 2. The first-order valence-electron chi connectivity index (χ1n) is 5.77. The summed E-state index contributed by atoms with van der Waals surface area (Å²) in [6, 6.07) is 3.29. The molecule has 1 saturated heterocycles. The molecule has 0 spiro atoms. The monoisotopic (exact) mass is 234 g/mol. The molecule has 4 N–H and O–H groups in total. The number of amides is 1. The van der Waals surface area contributed by atoms with Crippen LogP contribution in [0.2, 0.25) is 0 Å². The molecule has 0 saturated carbocycles. The van der Waals surface area contributed by atoms with Crippen LogP contribution in [0.15, 0.2) is 24.5 Å². The smallest absolute Gasteiger partial charge is 0.242 e. The Kier molecular flexibility index (Phi) is 3.02. The largest absolute Gasteiger partial charge is 0.368 e. The first-order chi connectivity index (χ1) is 8.02. The van der Waals surface area contributed by atoms with Gasteiger partial charge in [-0.25, -0.2) is 0 Å². The Morgan fingerprint density at radius 3 is 2.76 bits per heavy atom. The van der Waals surface area contributed by atoms with E-state index in [9.17, 15) is 4.79 Å². The van der Waals surface area contributed by atoms with Crippen LogP contribution in [-0.4, -0.2) is 29.0 Å². The second-order valence-electron chi connectivity index (χ2n) is 4.81. The van der Waals surface area contributed by atoms with Crippen LogP contribution in [0.25, 0.3) is 0 Å². The van der Waals surface area contributed by atoms with Crippen LogP contribution in [0.3, 0.4) is 0 Å². The summed E-state index contributed by atoms with van der Waals surface area (Å²) < 4.78 is 0. The van der Waals surface area contributed by atoms with E-state index >= 15 is 0 Å². The minimum absolute atomic E-state index is 0.369. The third-order valence-corrected chi connectivity index (χ3v) is 3.31. The van der Waals surface area contributed by atoms with Crippen LogP contribution in [0, 0.1) is 0 Å². The van der Waals surface area contributed by atoms with Crippen molar-refractivity contribution in [3.8, 4) is 0 Å². The maximum Gasteiger partial charge on any atom is 0.242 e. The number of nitrogens with two attached hydrogens (primary N) is 2. The van der Waals surface area contributed by atoms with E-state index in [1.807, 2.05) is 24.0 Å². The van der Waals surface area contributed by atoms with Crippen molar-refractivity contribution in [3.63, 3.8) is 0 Å². The Bertz CT molecular complexity index is 404. The predicted molar refractivity (Wildman–Crippen MR) is 66.4 cm³/mol. The Morgan fingerprint density at radius 1 is 1.53 bits per heavy atom. The molecular formula is C12H18N4O. The number of anilines is 1. The quantitative estimate of drug-likeness (QED) is 0.768. The average Bonchev–Trinajstić information content (AvgIpc) is 2.28. The van der Waals surface area contributed by atoms with Crippen LogP contribution >= 0.6 is 0 Å². The van der Waals surface area contributed by atoms with Crippen molar-refractivity contribution >= 4 is 11.6 Å². The van der Waals surface area contributed by atoms with E-state index in [1.165, 1.54) is 0 Å². The van der Waals surface area contributed by atoms with Gasteiger partial charge in [0.15, 0.2) is 0 Å². The van der Waals surface area contributed by atoms with Gasteiger partial charge in [-0.2, -0.15) is 0 Å². The highest BCUT2D eigenvalue weighted by atomic mass is 16.1. The van der Waals surface area contributed by atoms with Crippen LogP contribution in [0.4, 0.5) is 5.69 Å². The van der Waals surface area contributed by atoms with E-state index in [0.717, 1.165) is 25.1 Å². The second-order valence-corrected chi connectivity index (χ2v) is 4.81. The molecule has 0 bridgehead atoms. The number of pyridine rings is 1. The summed E-state index contributed by atoms with van der Waals surface area (Å²) >= 11 is 0. The molecule has 0 radical (unpaired) electrons. The van der Waals surface area contributed by atoms with Crippen LogP contribution in [0.1, 0.15) is 19.8 Å². The van der Waals surface area contributed by atoms with E-state index in [-0.39, 0.29) is 5.91 Å². The minimum atomic E-state index is -0.576. The normalized spacial score (nSPS) is 29.1. The lowest BCUT2D eigenvalue weighted by Gasteiger charge is -2.45. The highest BCUT2D eigenvalue weighted by Gasteiger charge is 2.41. The Morgan fingerprint density at radius 2 is 2.18 bits per heavy atom. The van der Waals surface area contributed by atoms with Gasteiger partial charge in [0.25, 0.3) is 0 Å². The minimum Gasteiger partial charge on any atom is -0.368 e. The predicted octanol–water partition coefficient (Wildman–Crippen LogP) is 0.253. The summed E-state index contributed by atoms with van der Waals surface area (Å²) in [5, 5.41) is 0. The highest BCUT2D eigenvalue weighted by Crippen LogP contribution is 2.29. The summed E-state index contributed by atoms with van der Waals surface area (Å²) in [5.74, 6) is -0.369. The third-order valence-electron chi connectivity index (χ3n) is 3.31. The second kappa shape index (κ2) is 4.33. The zero-order chi connectivity index (χ0) is 12.5. The van der Waals surface area contributed by atoms with Gasteiger partial charge in [-0.1, -0.05) is 0 Å². The molecule has 1 fully saturated rings. The number of carbonyl (C=O) groups is 1. The molecule has 1 aliphatic heterocycles. The van der Waals surface area contributed by atoms with Gasteiger partial charge in [-0.05, 0) is 31.9 Å². The van der Waals surface area contributed by atoms with Gasteiger partial charge in [0, 0.05) is 30.2 Å². The molecule has 0 aliphatic carbocycles. The van der Waals surface area contributed by atoms with Crippen LogP contribution < -0.4 is 16.4 Å². The molecule has 17 heavy (non-hydrogen) atoms. The molecule has 1 aromatic rings. The fourth-order valence-electron chi connectivity index (χ4n) is 2.54. The molecule has 2 heterocycles. The molecule has 1 amide bonds. The highest BCUT2D eigenvalue weighted by molar-refractivity contribution is 5.85. The zero-order valence-corrected chi connectivity index (χ0v) is 9.97. The number of primary amides is 1. The summed E-state index contributed by atoms with van der Waals surface area (Å²) in [6.45, 7) is 2.68. The molecule has 92 valence electrons. The fourth-order valence-corrected chi connectivity index (χ4v) is 2.54. The molecule has 2 unspecified atom stereocenters. The Balaban J connectivity index is 2.35. The third kappa shape index (κ3) is 2.24. The van der Waals surface area contributed by atoms with Gasteiger partial charge in [0.2, 0.25) is 5.91 Å². The van der Waals surface area contributed by atoms with Crippen molar-refractivity contribution in [2.24, 2.45) is 11.5 Å². The van der Waals surface area contributed by atoms with E-state index in [4.69, 9.17) is 11.5 Å².